The van der Waals surface area contributed by atoms with E-state index in [1.54, 1.807) is 6.33 Å². The standard InChI is InChI=1S/C23H17N5O/c1-2-6-15(7-3-1)22-24-12-16-13-28(11-10-18(16)27-22)23-21-20(25-14-26-23)17-8-4-5-9-19(17)29-21/h1-9,12,14H,10-11,13H2. The monoisotopic (exact) mass is 379 g/mol. The van der Waals surface area contributed by atoms with Crippen molar-refractivity contribution in [2.75, 3.05) is 11.4 Å². The van der Waals surface area contributed by atoms with Gasteiger partial charge in [0, 0.05) is 42.2 Å². The predicted octanol–water partition coefficient (Wildman–Crippen LogP) is 4.40. The summed E-state index contributed by atoms with van der Waals surface area (Å²) >= 11 is 0. The highest BCUT2D eigenvalue weighted by molar-refractivity contribution is 6.05. The molecule has 2 aromatic carbocycles. The van der Waals surface area contributed by atoms with Crippen LogP contribution in [0, 0.1) is 0 Å². The Kier molecular flexibility index (Phi) is 3.56. The molecule has 4 heterocycles. The molecule has 0 saturated carbocycles. The van der Waals surface area contributed by atoms with Crippen LogP contribution in [0.5, 0.6) is 0 Å². The Morgan fingerprint density at radius 3 is 2.69 bits per heavy atom. The van der Waals surface area contributed by atoms with Crippen LogP contribution in [0.3, 0.4) is 0 Å². The van der Waals surface area contributed by atoms with Crippen LogP contribution in [0.25, 0.3) is 33.5 Å². The van der Waals surface area contributed by atoms with Crippen molar-refractivity contribution in [2.45, 2.75) is 13.0 Å². The fourth-order valence-corrected chi connectivity index (χ4v) is 3.96. The molecule has 0 saturated heterocycles. The van der Waals surface area contributed by atoms with Crippen molar-refractivity contribution in [1.29, 1.82) is 0 Å². The molecule has 29 heavy (non-hydrogen) atoms. The average molecular weight is 379 g/mol. The summed E-state index contributed by atoms with van der Waals surface area (Å²) in [7, 11) is 0. The Balaban J connectivity index is 1.38. The molecule has 6 heteroatoms. The predicted molar refractivity (Wildman–Crippen MR) is 112 cm³/mol. The zero-order valence-corrected chi connectivity index (χ0v) is 15.6. The third-order valence-electron chi connectivity index (χ3n) is 5.40. The molecule has 0 spiro atoms. The van der Waals surface area contributed by atoms with Gasteiger partial charge in [0.2, 0.25) is 0 Å². The van der Waals surface area contributed by atoms with E-state index >= 15 is 0 Å². The summed E-state index contributed by atoms with van der Waals surface area (Å²) < 4.78 is 6.10. The van der Waals surface area contributed by atoms with Gasteiger partial charge in [0.15, 0.2) is 17.2 Å². The minimum atomic E-state index is 0.702. The van der Waals surface area contributed by atoms with Gasteiger partial charge in [-0.3, -0.25) is 0 Å². The summed E-state index contributed by atoms with van der Waals surface area (Å²) in [6, 6.07) is 18.1. The molecule has 0 radical (unpaired) electrons. The van der Waals surface area contributed by atoms with Gasteiger partial charge in [-0.2, -0.15) is 0 Å². The number of anilines is 1. The van der Waals surface area contributed by atoms with Crippen LogP contribution in [0.4, 0.5) is 5.82 Å². The fourth-order valence-electron chi connectivity index (χ4n) is 3.96. The highest BCUT2D eigenvalue weighted by atomic mass is 16.3. The lowest BCUT2D eigenvalue weighted by atomic mass is 10.1. The van der Waals surface area contributed by atoms with Crippen molar-refractivity contribution in [2.24, 2.45) is 0 Å². The third-order valence-corrected chi connectivity index (χ3v) is 5.40. The zero-order valence-electron chi connectivity index (χ0n) is 15.6. The molecule has 3 aromatic heterocycles. The molecule has 140 valence electrons. The molecular weight excluding hydrogens is 362 g/mol. The van der Waals surface area contributed by atoms with Gasteiger partial charge in [0.05, 0.1) is 5.69 Å². The minimum Gasteiger partial charge on any atom is -0.450 e. The first-order chi connectivity index (χ1) is 14.4. The van der Waals surface area contributed by atoms with Gasteiger partial charge in [0.25, 0.3) is 0 Å². The zero-order chi connectivity index (χ0) is 19.2. The van der Waals surface area contributed by atoms with Crippen LogP contribution in [-0.4, -0.2) is 26.5 Å². The van der Waals surface area contributed by atoms with Crippen LogP contribution >= 0.6 is 0 Å². The molecule has 6 rings (SSSR count). The lowest BCUT2D eigenvalue weighted by molar-refractivity contribution is 0.648. The average Bonchev–Trinajstić information content (AvgIpc) is 3.18. The lowest BCUT2D eigenvalue weighted by Crippen LogP contribution is -2.32. The Morgan fingerprint density at radius 2 is 1.76 bits per heavy atom. The molecule has 0 unspecified atom stereocenters. The van der Waals surface area contributed by atoms with Gasteiger partial charge in [-0.05, 0) is 12.1 Å². The number of fused-ring (bicyclic) bond motifs is 4. The Morgan fingerprint density at radius 1 is 0.897 bits per heavy atom. The second-order valence-corrected chi connectivity index (χ2v) is 7.18. The highest BCUT2D eigenvalue weighted by Crippen LogP contribution is 2.34. The first kappa shape index (κ1) is 16.2. The number of nitrogens with zero attached hydrogens (tertiary/aromatic N) is 5. The molecule has 0 N–H and O–H groups in total. The van der Waals surface area contributed by atoms with E-state index < -0.39 is 0 Å². The van der Waals surface area contributed by atoms with Crippen LogP contribution in [-0.2, 0) is 13.0 Å². The van der Waals surface area contributed by atoms with Crippen molar-refractivity contribution < 1.29 is 4.42 Å². The Labute approximate surface area is 166 Å². The highest BCUT2D eigenvalue weighted by Gasteiger charge is 2.23. The number of benzene rings is 2. The van der Waals surface area contributed by atoms with Crippen LogP contribution < -0.4 is 4.90 Å². The Bertz CT molecular complexity index is 1350. The maximum absolute atomic E-state index is 6.10. The summed E-state index contributed by atoms with van der Waals surface area (Å²) in [4.78, 5) is 20.6. The van der Waals surface area contributed by atoms with Gasteiger partial charge in [-0.1, -0.05) is 42.5 Å². The van der Waals surface area contributed by atoms with Crippen molar-refractivity contribution >= 4 is 27.9 Å². The van der Waals surface area contributed by atoms with E-state index in [2.05, 4.69) is 19.9 Å². The fraction of sp³-hybridized carbons (Fsp3) is 0.130. The van der Waals surface area contributed by atoms with E-state index in [1.165, 1.54) is 0 Å². The summed E-state index contributed by atoms with van der Waals surface area (Å²) in [5.41, 5.74) is 5.69. The number of hydrogen-bond donors (Lipinski definition) is 0. The van der Waals surface area contributed by atoms with Gasteiger partial charge < -0.3 is 9.32 Å². The number of rotatable bonds is 2. The quantitative estimate of drug-likeness (QED) is 0.453. The number of furan rings is 1. The second kappa shape index (κ2) is 6.38. The number of para-hydroxylation sites is 1. The van der Waals surface area contributed by atoms with Crippen molar-refractivity contribution in [3.8, 4) is 11.4 Å². The van der Waals surface area contributed by atoms with E-state index in [-0.39, 0.29) is 0 Å². The topological polar surface area (TPSA) is 67.9 Å². The summed E-state index contributed by atoms with van der Waals surface area (Å²) in [5.74, 6) is 1.60. The molecule has 0 amide bonds. The van der Waals surface area contributed by atoms with Crippen molar-refractivity contribution in [3.05, 3.63) is 78.4 Å². The smallest absolute Gasteiger partial charge is 0.196 e. The molecule has 6 nitrogen and oxygen atoms in total. The van der Waals surface area contributed by atoms with E-state index in [0.717, 1.165) is 63.5 Å². The van der Waals surface area contributed by atoms with Crippen LogP contribution in [0.1, 0.15) is 11.3 Å². The summed E-state index contributed by atoms with van der Waals surface area (Å²) in [5, 5.41) is 1.01. The molecule has 0 bridgehead atoms. The first-order valence-electron chi connectivity index (χ1n) is 9.64. The van der Waals surface area contributed by atoms with Crippen molar-refractivity contribution in [3.63, 3.8) is 0 Å². The first-order valence-corrected chi connectivity index (χ1v) is 9.64. The molecule has 5 aromatic rings. The van der Waals surface area contributed by atoms with E-state index in [4.69, 9.17) is 9.40 Å². The lowest BCUT2D eigenvalue weighted by Gasteiger charge is -2.28. The van der Waals surface area contributed by atoms with Crippen molar-refractivity contribution in [1.82, 2.24) is 19.9 Å². The van der Waals surface area contributed by atoms with Gasteiger partial charge >= 0.3 is 0 Å². The summed E-state index contributed by atoms with van der Waals surface area (Å²) in [6.45, 7) is 1.52. The van der Waals surface area contributed by atoms with E-state index in [9.17, 15) is 0 Å². The molecule has 0 atom stereocenters. The molecule has 0 aliphatic carbocycles. The van der Waals surface area contributed by atoms with E-state index in [0.29, 0.717) is 6.54 Å². The van der Waals surface area contributed by atoms with Gasteiger partial charge in [0.1, 0.15) is 17.4 Å². The molecular formula is C23H17N5O. The molecule has 1 aliphatic heterocycles. The normalized spacial score (nSPS) is 13.7. The Hall–Kier alpha value is -3.80. The molecule has 1 aliphatic rings. The maximum atomic E-state index is 6.10. The number of hydrogen-bond acceptors (Lipinski definition) is 6. The molecule has 0 fully saturated rings. The van der Waals surface area contributed by atoms with E-state index in [1.807, 2.05) is 60.8 Å². The van der Waals surface area contributed by atoms with Gasteiger partial charge in [-0.15, -0.1) is 0 Å². The van der Waals surface area contributed by atoms with Gasteiger partial charge in [-0.25, -0.2) is 19.9 Å². The van der Waals surface area contributed by atoms with Crippen LogP contribution in [0.2, 0.25) is 0 Å². The third kappa shape index (κ3) is 2.64. The second-order valence-electron chi connectivity index (χ2n) is 7.18. The summed E-state index contributed by atoms with van der Waals surface area (Å²) in [6.07, 6.45) is 4.39. The minimum absolute atomic E-state index is 0.702. The SMILES string of the molecule is c1ccc(-c2ncc3c(n2)CCN(c2ncnc4c2oc2ccccc24)C3)cc1. The largest absolute Gasteiger partial charge is 0.450 e. The maximum Gasteiger partial charge on any atom is 0.196 e. The number of aromatic nitrogens is 4. The van der Waals surface area contributed by atoms with Crippen LogP contribution in [0.15, 0.2) is 71.5 Å².